The molecule has 0 aromatic heterocycles. The van der Waals surface area contributed by atoms with E-state index in [2.05, 4.69) is 5.32 Å². The summed E-state index contributed by atoms with van der Waals surface area (Å²) in [5, 5.41) is 2.79. The predicted molar refractivity (Wildman–Crippen MR) is 106 cm³/mol. The third kappa shape index (κ3) is 3.82. The van der Waals surface area contributed by atoms with Gasteiger partial charge in [0.15, 0.2) is 0 Å². The minimum Gasteiger partial charge on any atom is -0.444 e. The van der Waals surface area contributed by atoms with Crippen molar-refractivity contribution >= 4 is 21.9 Å². The van der Waals surface area contributed by atoms with E-state index in [4.69, 9.17) is 4.74 Å². The second kappa shape index (κ2) is 6.97. The Balaban J connectivity index is 1.69. The van der Waals surface area contributed by atoms with Gasteiger partial charge in [-0.2, -0.15) is 4.31 Å². The topological polar surface area (TPSA) is 92.8 Å². The van der Waals surface area contributed by atoms with E-state index in [1.807, 2.05) is 13.8 Å². The van der Waals surface area contributed by atoms with Gasteiger partial charge in [-0.3, -0.25) is 4.79 Å². The van der Waals surface area contributed by atoms with Crippen LogP contribution in [0.5, 0.6) is 0 Å². The number of fused-ring (bicyclic) bond motifs is 2. The average molecular weight is 415 g/mol. The molecule has 3 rings (SSSR count). The molecule has 1 saturated heterocycles. The quantitative estimate of drug-likeness (QED) is 0.763. The summed E-state index contributed by atoms with van der Waals surface area (Å²) in [6.45, 7) is 10.1. The number of carbonyl (C=O) groups excluding carboxylic acids is 2. The Hall–Kier alpha value is -1.15. The molecule has 0 unspecified atom stereocenters. The highest BCUT2D eigenvalue weighted by Gasteiger charge is 2.65. The molecule has 7 nitrogen and oxygen atoms in total. The summed E-state index contributed by atoms with van der Waals surface area (Å²) < 4.78 is 33.2. The highest BCUT2D eigenvalue weighted by atomic mass is 32.2. The normalized spacial score (nSPS) is 33.1. The fourth-order valence-corrected chi connectivity index (χ4v) is 7.59. The smallest absolute Gasteiger partial charge is 0.407 e. The number of rotatable bonds is 4. The van der Waals surface area contributed by atoms with Gasteiger partial charge in [0.1, 0.15) is 11.4 Å². The molecule has 0 spiro atoms. The van der Waals surface area contributed by atoms with Crippen molar-refractivity contribution in [1.82, 2.24) is 9.62 Å². The van der Waals surface area contributed by atoms with Crippen molar-refractivity contribution < 1.29 is 22.7 Å². The van der Waals surface area contributed by atoms with Crippen LogP contribution in [0.2, 0.25) is 0 Å². The minimum absolute atomic E-state index is 0.109. The highest BCUT2D eigenvalue weighted by Crippen LogP contribution is 2.64. The zero-order valence-corrected chi connectivity index (χ0v) is 18.5. The van der Waals surface area contributed by atoms with Crippen molar-refractivity contribution in [2.24, 2.45) is 16.7 Å². The van der Waals surface area contributed by atoms with Crippen LogP contribution in [0.4, 0.5) is 4.79 Å². The van der Waals surface area contributed by atoms with Crippen molar-refractivity contribution in [3.63, 3.8) is 0 Å². The maximum absolute atomic E-state index is 13.2. The first-order chi connectivity index (χ1) is 12.8. The van der Waals surface area contributed by atoms with Gasteiger partial charge in [-0.15, -0.1) is 0 Å². The molecule has 1 aliphatic heterocycles. The zero-order valence-electron chi connectivity index (χ0n) is 17.7. The summed E-state index contributed by atoms with van der Waals surface area (Å²) in [5.74, 6) is 0.289. The van der Waals surface area contributed by atoms with Crippen LogP contribution < -0.4 is 5.32 Å². The zero-order chi connectivity index (χ0) is 21.0. The number of piperidine rings is 1. The van der Waals surface area contributed by atoms with E-state index < -0.39 is 27.1 Å². The van der Waals surface area contributed by atoms with E-state index in [0.29, 0.717) is 32.2 Å². The molecule has 0 radical (unpaired) electrons. The molecule has 160 valence electrons. The Bertz CT molecular complexity index is 755. The number of hydrogen-bond donors (Lipinski definition) is 1. The monoisotopic (exact) mass is 414 g/mol. The van der Waals surface area contributed by atoms with E-state index in [9.17, 15) is 18.0 Å². The molecule has 1 heterocycles. The van der Waals surface area contributed by atoms with Crippen LogP contribution in [0.1, 0.15) is 66.7 Å². The predicted octanol–water partition coefficient (Wildman–Crippen LogP) is 2.70. The fraction of sp³-hybridized carbons (Fsp3) is 0.900. The molecule has 28 heavy (non-hydrogen) atoms. The van der Waals surface area contributed by atoms with Crippen LogP contribution in [0.3, 0.4) is 0 Å². The number of amides is 1. The molecule has 3 aliphatic rings. The summed E-state index contributed by atoms with van der Waals surface area (Å²) in [6.07, 6.45) is 2.95. The van der Waals surface area contributed by atoms with Crippen LogP contribution in [0.25, 0.3) is 0 Å². The van der Waals surface area contributed by atoms with Crippen LogP contribution in [0, 0.1) is 16.7 Å². The Morgan fingerprint density at radius 2 is 1.96 bits per heavy atom. The Labute approximate surface area is 168 Å². The van der Waals surface area contributed by atoms with E-state index in [-0.39, 0.29) is 35.5 Å². The lowest BCUT2D eigenvalue weighted by Crippen LogP contribution is -2.53. The molecule has 2 aliphatic carbocycles. The van der Waals surface area contributed by atoms with Gasteiger partial charge in [0.05, 0.1) is 5.75 Å². The van der Waals surface area contributed by atoms with Gasteiger partial charge >= 0.3 is 6.09 Å². The number of hydrogen-bond acceptors (Lipinski definition) is 5. The van der Waals surface area contributed by atoms with E-state index >= 15 is 0 Å². The standard InChI is InChI=1S/C20H34N2O5S/c1-18(2,3)27-17(24)21-15-7-6-10-22(12-15)28(25,26)13-20-9-8-14(11-16(20)23)19(20,4)5/h14-15H,6-13H2,1-5H3,(H,21,24)/t14-,15+,20-/m1/s1. The number of Topliss-reactive ketones (excluding diaryl/α,β-unsaturated/α-hetero) is 1. The Morgan fingerprint density at radius 1 is 1.29 bits per heavy atom. The van der Waals surface area contributed by atoms with Crippen molar-refractivity contribution in [3.8, 4) is 0 Å². The third-order valence-corrected chi connectivity index (χ3v) is 9.04. The molecule has 2 saturated carbocycles. The second-order valence-corrected chi connectivity index (χ2v) is 12.2. The van der Waals surface area contributed by atoms with Gasteiger partial charge < -0.3 is 10.1 Å². The summed E-state index contributed by atoms with van der Waals surface area (Å²) >= 11 is 0. The van der Waals surface area contributed by atoms with Crippen molar-refractivity contribution in [3.05, 3.63) is 0 Å². The molecular formula is C20H34N2O5S. The molecule has 1 amide bonds. The first kappa shape index (κ1) is 21.6. The van der Waals surface area contributed by atoms with Gasteiger partial charge in [-0.05, 0) is 57.8 Å². The SMILES string of the molecule is CC(C)(C)OC(=O)N[C@H]1CCCN(S(=O)(=O)C[C@]23CC[C@H](CC2=O)C3(C)C)C1. The summed E-state index contributed by atoms with van der Waals surface area (Å²) in [4.78, 5) is 24.8. The molecule has 0 aromatic rings. The van der Waals surface area contributed by atoms with E-state index in [1.54, 1.807) is 20.8 Å². The van der Waals surface area contributed by atoms with Gasteiger partial charge in [0.2, 0.25) is 10.0 Å². The fourth-order valence-electron chi connectivity index (χ4n) is 5.30. The molecule has 3 fully saturated rings. The lowest BCUT2D eigenvalue weighted by Gasteiger charge is -2.39. The number of nitrogens with one attached hydrogen (secondary N) is 1. The average Bonchev–Trinajstić information content (AvgIpc) is 2.87. The largest absolute Gasteiger partial charge is 0.444 e. The molecule has 1 N–H and O–H groups in total. The third-order valence-electron chi connectivity index (χ3n) is 7.07. The maximum Gasteiger partial charge on any atom is 0.407 e. The molecule has 0 aromatic carbocycles. The first-order valence-electron chi connectivity index (χ1n) is 10.3. The van der Waals surface area contributed by atoms with E-state index in [1.165, 1.54) is 4.31 Å². The molecule has 8 heteroatoms. The molecule has 3 atom stereocenters. The lowest BCUT2D eigenvalue weighted by molar-refractivity contribution is -0.128. The molecular weight excluding hydrogens is 380 g/mol. The molecule has 2 bridgehead atoms. The number of ether oxygens (including phenoxy) is 1. The van der Waals surface area contributed by atoms with Gasteiger partial charge in [0.25, 0.3) is 0 Å². The highest BCUT2D eigenvalue weighted by molar-refractivity contribution is 7.89. The maximum atomic E-state index is 13.2. The number of nitrogens with zero attached hydrogens (tertiary/aromatic N) is 1. The first-order valence-corrected chi connectivity index (χ1v) is 11.9. The minimum atomic E-state index is -3.60. The van der Waals surface area contributed by atoms with Crippen LogP contribution in [-0.2, 0) is 19.6 Å². The summed E-state index contributed by atoms with van der Waals surface area (Å²) in [6, 6.07) is -0.278. The van der Waals surface area contributed by atoms with Crippen LogP contribution >= 0.6 is 0 Å². The lowest BCUT2D eigenvalue weighted by atomic mass is 9.70. The van der Waals surface area contributed by atoms with Crippen molar-refractivity contribution in [2.45, 2.75) is 78.4 Å². The number of carbonyl (C=O) groups is 2. The number of alkyl carbamates (subject to hydrolysis) is 1. The summed E-state index contributed by atoms with van der Waals surface area (Å²) in [5.41, 5.74) is -1.64. The Kier molecular flexibility index (Phi) is 5.37. The van der Waals surface area contributed by atoms with Crippen molar-refractivity contribution in [2.75, 3.05) is 18.8 Å². The van der Waals surface area contributed by atoms with Crippen LogP contribution in [-0.4, -0.2) is 55.1 Å². The Morgan fingerprint density at radius 3 is 2.50 bits per heavy atom. The number of ketones is 1. The summed E-state index contributed by atoms with van der Waals surface area (Å²) in [7, 11) is -3.60. The second-order valence-electron chi connectivity index (χ2n) is 10.3. The van der Waals surface area contributed by atoms with Crippen molar-refractivity contribution in [1.29, 1.82) is 0 Å². The van der Waals surface area contributed by atoms with Gasteiger partial charge in [0, 0.05) is 31.0 Å². The van der Waals surface area contributed by atoms with Crippen LogP contribution in [0.15, 0.2) is 0 Å². The number of sulfonamides is 1. The van der Waals surface area contributed by atoms with E-state index in [0.717, 1.165) is 6.42 Å². The van der Waals surface area contributed by atoms with Gasteiger partial charge in [-0.1, -0.05) is 13.8 Å². The van der Waals surface area contributed by atoms with Gasteiger partial charge in [-0.25, -0.2) is 13.2 Å².